The highest BCUT2D eigenvalue weighted by molar-refractivity contribution is 6.39. The number of rotatable bonds is 7. The van der Waals surface area contributed by atoms with E-state index in [1.54, 1.807) is 0 Å². The summed E-state index contributed by atoms with van der Waals surface area (Å²) in [7, 11) is 0. The van der Waals surface area contributed by atoms with Gasteiger partial charge in [-0.3, -0.25) is 9.59 Å². The van der Waals surface area contributed by atoms with E-state index >= 15 is 0 Å². The molecule has 2 amide bonds. The molecule has 0 bridgehead atoms. The van der Waals surface area contributed by atoms with Gasteiger partial charge in [0.25, 0.3) is 0 Å². The van der Waals surface area contributed by atoms with Crippen molar-refractivity contribution in [1.82, 2.24) is 10.2 Å². The second kappa shape index (κ2) is 10.3. The van der Waals surface area contributed by atoms with E-state index in [1.165, 1.54) is 19.5 Å². The molecule has 0 saturated carbocycles. The number of likely N-dealkylation sites (tertiary alicyclic amines) is 1. The van der Waals surface area contributed by atoms with E-state index in [9.17, 15) is 9.59 Å². The van der Waals surface area contributed by atoms with E-state index in [0.717, 1.165) is 43.2 Å². The number of carbonyl (C=O) groups is 2. The first-order valence-corrected chi connectivity index (χ1v) is 9.89. The minimum Gasteiger partial charge on any atom is -0.348 e. The van der Waals surface area contributed by atoms with Crippen molar-refractivity contribution in [3.05, 3.63) is 29.8 Å². The molecule has 0 spiro atoms. The molecular formula is C21H33N3O2. The van der Waals surface area contributed by atoms with Crippen LogP contribution in [0.5, 0.6) is 0 Å². The molecule has 1 aliphatic rings. The lowest BCUT2D eigenvalue weighted by Crippen LogP contribution is -2.39. The fourth-order valence-corrected chi connectivity index (χ4v) is 3.85. The molecule has 1 aromatic rings. The normalized spacial score (nSPS) is 20.6. The Balaban J connectivity index is 1.64. The van der Waals surface area contributed by atoms with Crippen molar-refractivity contribution in [2.75, 3.05) is 31.5 Å². The average molecular weight is 360 g/mol. The predicted molar refractivity (Wildman–Crippen MR) is 106 cm³/mol. The van der Waals surface area contributed by atoms with Crippen molar-refractivity contribution in [2.45, 2.75) is 46.5 Å². The molecule has 0 radical (unpaired) electrons. The van der Waals surface area contributed by atoms with Gasteiger partial charge in [-0.15, -0.1) is 0 Å². The highest BCUT2D eigenvalue weighted by Gasteiger charge is 2.21. The first kappa shape index (κ1) is 20.4. The van der Waals surface area contributed by atoms with Gasteiger partial charge < -0.3 is 15.5 Å². The summed E-state index contributed by atoms with van der Waals surface area (Å²) in [6.07, 6.45) is 4.07. The highest BCUT2D eigenvalue weighted by Crippen LogP contribution is 2.21. The number of carbonyl (C=O) groups excluding carboxylic acids is 2. The van der Waals surface area contributed by atoms with E-state index in [0.29, 0.717) is 12.2 Å². The van der Waals surface area contributed by atoms with E-state index in [4.69, 9.17) is 0 Å². The standard InChI is InChI=1S/C21H33N3O2/c1-4-18-9-5-6-10-19(18)23-21(26)20(25)22-11-7-8-12-24-14-16(2)13-17(3)15-24/h5-6,9-10,16-17H,4,7-8,11-15H2,1-3H3,(H,22,25)(H,23,26). The zero-order valence-corrected chi connectivity index (χ0v) is 16.4. The molecule has 1 heterocycles. The first-order chi connectivity index (χ1) is 12.5. The SMILES string of the molecule is CCc1ccccc1NC(=O)C(=O)NCCCCN1CC(C)CC(C)C1. The van der Waals surface area contributed by atoms with E-state index < -0.39 is 11.8 Å². The second-order valence-corrected chi connectivity index (χ2v) is 7.63. The molecule has 2 atom stereocenters. The van der Waals surface area contributed by atoms with Gasteiger partial charge in [-0.05, 0) is 55.7 Å². The lowest BCUT2D eigenvalue weighted by atomic mass is 9.92. The third-order valence-corrected chi connectivity index (χ3v) is 4.98. The summed E-state index contributed by atoms with van der Waals surface area (Å²) in [4.78, 5) is 26.5. The van der Waals surface area contributed by atoms with Crippen molar-refractivity contribution in [1.29, 1.82) is 0 Å². The Morgan fingerprint density at radius 2 is 1.77 bits per heavy atom. The van der Waals surface area contributed by atoms with Crippen molar-refractivity contribution in [3.63, 3.8) is 0 Å². The minimum absolute atomic E-state index is 0.542. The van der Waals surface area contributed by atoms with Crippen LogP contribution in [0.2, 0.25) is 0 Å². The fraction of sp³-hybridized carbons (Fsp3) is 0.619. The maximum Gasteiger partial charge on any atom is 0.313 e. The number of nitrogens with zero attached hydrogens (tertiary/aromatic N) is 1. The number of hydrogen-bond donors (Lipinski definition) is 2. The number of anilines is 1. The summed E-state index contributed by atoms with van der Waals surface area (Å²) in [6.45, 7) is 10.6. The smallest absolute Gasteiger partial charge is 0.313 e. The quantitative estimate of drug-likeness (QED) is 0.581. The van der Waals surface area contributed by atoms with Gasteiger partial charge in [0, 0.05) is 25.3 Å². The van der Waals surface area contributed by atoms with Crippen molar-refractivity contribution >= 4 is 17.5 Å². The molecule has 5 heteroatoms. The van der Waals surface area contributed by atoms with Crippen LogP contribution >= 0.6 is 0 Å². The van der Waals surface area contributed by atoms with Gasteiger partial charge in [-0.2, -0.15) is 0 Å². The number of amides is 2. The van der Waals surface area contributed by atoms with Crippen LogP contribution in [0.1, 0.15) is 45.6 Å². The van der Waals surface area contributed by atoms with Crippen LogP contribution in [0.25, 0.3) is 0 Å². The molecule has 2 unspecified atom stereocenters. The Morgan fingerprint density at radius 3 is 2.46 bits per heavy atom. The number of unbranched alkanes of at least 4 members (excludes halogenated alkanes) is 1. The third kappa shape index (κ3) is 6.45. The van der Waals surface area contributed by atoms with Gasteiger partial charge in [-0.25, -0.2) is 0 Å². The minimum atomic E-state index is -0.593. The molecule has 26 heavy (non-hydrogen) atoms. The summed E-state index contributed by atoms with van der Waals surface area (Å²) >= 11 is 0. The van der Waals surface area contributed by atoms with Gasteiger partial charge in [-0.1, -0.05) is 39.0 Å². The molecule has 1 saturated heterocycles. The molecule has 144 valence electrons. The molecule has 2 N–H and O–H groups in total. The zero-order chi connectivity index (χ0) is 18.9. The van der Waals surface area contributed by atoms with E-state index in [2.05, 4.69) is 29.4 Å². The van der Waals surface area contributed by atoms with Gasteiger partial charge in [0.1, 0.15) is 0 Å². The Kier molecular flexibility index (Phi) is 8.10. The number of para-hydroxylation sites is 1. The Bertz CT molecular complexity index is 593. The molecule has 0 aliphatic carbocycles. The van der Waals surface area contributed by atoms with Gasteiger partial charge in [0.15, 0.2) is 0 Å². The zero-order valence-electron chi connectivity index (χ0n) is 16.4. The Hall–Kier alpha value is -1.88. The molecule has 1 aromatic carbocycles. The van der Waals surface area contributed by atoms with Crippen LogP contribution < -0.4 is 10.6 Å². The van der Waals surface area contributed by atoms with Crippen LogP contribution in [-0.2, 0) is 16.0 Å². The molecule has 0 aromatic heterocycles. The number of nitrogens with one attached hydrogen (secondary N) is 2. The van der Waals surface area contributed by atoms with Gasteiger partial charge >= 0.3 is 11.8 Å². The second-order valence-electron chi connectivity index (χ2n) is 7.63. The van der Waals surface area contributed by atoms with Crippen molar-refractivity contribution < 1.29 is 9.59 Å². The lowest BCUT2D eigenvalue weighted by molar-refractivity contribution is -0.136. The number of piperidine rings is 1. The molecule has 5 nitrogen and oxygen atoms in total. The van der Waals surface area contributed by atoms with Crippen molar-refractivity contribution in [2.24, 2.45) is 11.8 Å². The van der Waals surface area contributed by atoms with E-state index in [1.807, 2.05) is 31.2 Å². The molecule has 2 rings (SSSR count). The van der Waals surface area contributed by atoms with Gasteiger partial charge in [0.2, 0.25) is 0 Å². The summed E-state index contributed by atoms with van der Waals surface area (Å²) < 4.78 is 0. The third-order valence-electron chi connectivity index (χ3n) is 4.98. The number of aryl methyl sites for hydroxylation is 1. The number of benzene rings is 1. The monoisotopic (exact) mass is 359 g/mol. The fourth-order valence-electron chi connectivity index (χ4n) is 3.85. The highest BCUT2D eigenvalue weighted by atomic mass is 16.2. The largest absolute Gasteiger partial charge is 0.348 e. The van der Waals surface area contributed by atoms with Crippen molar-refractivity contribution in [3.8, 4) is 0 Å². The predicted octanol–water partition coefficient (Wildman–Crippen LogP) is 3.06. The molecule has 1 aliphatic heterocycles. The topological polar surface area (TPSA) is 61.4 Å². The maximum absolute atomic E-state index is 12.0. The summed E-state index contributed by atoms with van der Waals surface area (Å²) in [5.41, 5.74) is 1.74. The summed E-state index contributed by atoms with van der Waals surface area (Å²) in [5, 5.41) is 5.43. The van der Waals surface area contributed by atoms with Crippen LogP contribution in [0.15, 0.2) is 24.3 Å². The van der Waals surface area contributed by atoms with Gasteiger partial charge in [0.05, 0.1) is 0 Å². The molecule has 1 fully saturated rings. The maximum atomic E-state index is 12.0. The van der Waals surface area contributed by atoms with Crippen LogP contribution in [-0.4, -0.2) is 42.9 Å². The van der Waals surface area contributed by atoms with Crippen LogP contribution in [0.4, 0.5) is 5.69 Å². The number of hydrogen-bond acceptors (Lipinski definition) is 3. The first-order valence-electron chi connectivity index (χ1n) is 9.89. The molecular weight excluding hydrogens is 326 g/mol. The summed E-state index contributed by atoms with van der Waals surface area (Å²) in [5.74, 6) is 0.391. The summed E-state index contributed by atoms with van der Waals surface area (Å²) in [6, 6.07) is 7.56. The Morgan fingerprint density at radius 1 is 1.08 bits per heavy atom. The van der Waals surface area contributed by atoms with Crippen LogP contribution in [0.3, 0.4) is 0 Å². The van der Waals surface area contributed by atoms with Crippen LogP contribution in [0, 0.1) is 11.8 Å². The van der Waals surface area contributed by atoms with E-state index in [-0.39, 0.29) is 0 Å². The average Bonchev–Trinajstić information content (AvgIpc) is 2.60. The Labute approximate surface area is 157 Å². The lowest BCUT2D eigenvalue weighted by Gasteiger charge is -2.34.